The molecular formula is C22H14O6. The molecule has 138 valence electrons. The number of carbonyl (C=O) groups is 4. The quantitative estimate of drug-likeness (QED) is 0.639. The van der Waals surface area contributed by atoms with Crippen LogP contribution in [-0.2, 0) is 0 Å². The first-order valence-electron chi connectivity index (χ1n) is 8.24. The van der Waals surface area contributed by atoms with Crippen molar-refractivity contribution in [1.29, 1.82) is 0 Å². The molecule has 0 saturated carbocycles. The molecule has 0 saturated heterocycles. The van der Waals surface area contributed by atoms with E-state index in [4.69, 9.17) is 0 Å². The maximum absolute atomic E-state index is 12.6. The van der Waals surface area contributed by atoms with Gasteiger partial charge >= 0.3 is 11.9 Å². The van der Waals surface area contributed by atoms with E-state index in [0.717, 1.165) is 0 Å². The van der Waals surface area contributed by atoms with E-state index >= 15 is 0 Å². The van der Waals surface area contributed by atoms with Crippen molar-refractivity contribution in [3.8, 4) is 0 Å². The summed E-state index contributed by atoms with van der Waals surface area (Å²) in [5.41, 5.74) is 0.315. The molecule has 0 fully saturated rings. The highest BCUT2D eigenvalue weighted by Gasteiger charge is 2.20. The van der Waals surface area contributed by atoms with Crippen LogP contribution in [0.3, 0.4) is 0 Å². The summed E-state index contributed by atoms with van der Waals surface area (Å²) in [4.78, 5) is 47.9. The van der Waals surface area contributed by atoms with Crippen LogP contribution in [0.2, 0.25) is 0 Å². The largest absolute Gasteiger partial charge is 0.478 e. The predicted octanol–water partition coefficient (Wildman–Crippen LogP) is 3.55. The second-order valence-corrected chi connectivity index (χ2v) is 5.94. The van der Waals surface area contributed by atoms with Gasteiger partial charge in [0.1, 0.15) is 0 Å². The number of hydrogen-bond acceptors (Lipinski definition) is 4. The molecule has 0 spiro atoms. The van der Waals surface area contributed by atoms with Crippen molar-refractivity contribution in [3.63, 3.8) is 0 Å². The molecular weight excluding hydrogens is 360 g/mol. The summed E-state index contributed by atoms with van der Waals surface area (Å²) in [5.74, 6) is -3.38. The Balaban J connectivity index is 1.93. The van der Waals surface area contributed by atoms with E-state index < -0.39 is 23.5 Å². The van der Waals surface area contributed by atoms with Crippen molar-refractivity contribution in [1.82, 2.24) is 0 Å². The number of ketones is 2. The van der Waals surface area contributed by atoms with Gasteiger partial charge in [0.2, 0.25) is 0 Å². The first-order valence-corrected chi connectivity index (χ1v) is 8.24. The monoisotopic (exact) mass is 374 g/mol. The molecule has 2 N–H and O–H groups in total. The van der Waals surface area contributed by atoms with E-state index in [9.17, 15) is 29.4 Å². The van der Waals surface area contributed by atoms with Crippen molar-refractivity contribution < 1.29 is 29.4 Å². The molecule has 3 rings (SSSR count). The Morgan fingerprint density at radius 2 is 0.750 bits per heavy atom. The Hall–Kier alpha value is -4.06. The highest BCUT2D eigenvalue weighted by molar-refractivity contribution is 6.16. The first-order chi connectivity index (χ1) is 13.4. The molecule has 0 unspecified atom stereocenters. The molecule has 0 aliphatic carbocycles. The Kier molecular flexibility index (Phi) is 5.13. The van der Waals surface area contributed by atoms with Crippen LogP contribution in [0.5, 0.6) is 0 Å². The smallest absolute Gasteiger partial charge is 0.336 e. The van der Waals surface area contributed by atoms with Gasteiger partial charge in [0, 0.05) is 22.3 Å². The minimum atomic E-state index is -1.21. The van der Waals surface area contributed by atoms with Crippen LogP contribution in [-0.4, -0.2) is 33.7 Å². The maximum Gasteiger partial charge on any atom is 0.336 e. The predicted molar refractivity (Wildman–Crippen MR) is 100 cm³/mol. The third-order valence-electron chi connectivity index (χ3n) is 4.21. The zero-order valence-corrected chi connectivity index (χ0v) is 14.5. The average Bonchev–Trinajstić information content (AvgIpc) is 2.72. The minimum Gasteiger partial charge on any atom is -0.478 e. The van der Waals surface area contributed by atoms with Gasteiger partial charge in [-0.15, -0.1) is 0 Å². The van der Waals surface area contributed by atoms with Gasteiger partial charge in [-0.05, 0) is 12.1 Å². The molecule has 6 heteroatoms. The molecule has 3 aromatic rings. The Labute approximate surface area is 159 Å². The van der Waals surface area contributed by atoms with E-state index in [1.807, 2.05) is 0 Å². The summed E-state index contributed by atoms with van der Waals surface area (Å²) >= 11 is 0. The molecule has 0 bridgehead atoms. The van der Waals surface area contributed by atoms with Gasteiger partial charge in [0.05, 0.1) is 11.1 Å². The number of rotatable bonds is 6. The van der Waals surface area contributed by atoms with E-state index in [-0.39, 0.29) is 33.4 Å². The lowest BCUT2D eigenvalue weighted by Gasteiger charge is -2.07. The van der Waals surface area contributed by atoms with Gasteiger partial charge in [-0.3, -0.25) is 9.59 Å². The number of aromatic carboxylic acids is 2. The number of hydrogen-bond donors (Lipinski definition) is 2. The van der Waals surface area contributed by atoms with Crippen molar-refractivity contribution in [3.05, 3.63) is 106 Å². The summed E-state index contributed by atoms with van der Waals surface area (Å²) in [6.07, 6.45) is 0. The lowest BCUT2D eigenvalue weighted by Crippen LogP contribution is -2.11. The summed E-state index contributed by atoms with van der Waals surface area (Å²) in [7, 11) is 0. The molecule has 0 aliphatic heterocycles. The molecule has 6 nitrogen and oxygen atoms in total. The molecule has 28 heavy (non-hydrogen) atoms. The van der Waals surface area contributed by atoms with Crippen LogP contribution in [0.25, 0.3) is 0 Å². The fourth-order valence-electron chi connectivity index (χ4n) is 2.82. The highest BCUT2D eigenvalue weighted by atomic mass is 16.4. The molecule has 0 aliphatic rings. The lowest BCUT2D eigenvalue weighted by atomic mass is 9.95. The molecule has 0 atom stereocenters. The Morgan fingerprint density at radius 3 is 1.04 bits per heavy atom. The maximum atomic E-state index is 12.6. The summed E-state index contributed by atoms with van der Waals surface area (Å²) in [5, 5.41) is 18.5. The zero-order chi connectivity index (χ0) is 20.3. The number of benzene rings is 3. The normalized spacial score (nSPS) is 10.3. The Morgan fingerprint density at radius 1 is 0.464 bits per heavy atom. The standard InChI is InChI=1S/C22H14O6/c23-19(15-5-1-3-7-17(15)21(25)26)13-9-11-14(12-10-13)20(24)16-6-2-4-8-18(16)22(27)28/h1-12H,(H,25,26)(H,27,28). The fraction of sp³-hybridized carbons (Fsp3) is 0. The van der Waals surface area contributed by atoms with Gasteiger partial charge in [-0.2, -0.15) is 0 Å². The molecule has 0 amide bonds. The van der Waals surface area contributed by atoms with Crippen molar-refractivity contribution in [2.45, 2.75) is 0 Å². The summed E-state index contributed by atoms with van der Waals surface area (Å²) < 4.78 is 0. The second-order valence-electron chi connectivity index (χ2n) is 5.94. The van der Waals surface area contributed by atoms with Crippen LogP contribution in [0.4, 0.5) is 0 Å². The minimum absolute atomic E-state index is 0.0466. The molecule has 0 radical (unpaired) electrons. The van der Waals surface area contributed by atoms with E-state index in [1.165, 1.54) is 60.7 Å². The van der Waals surface area contributed by atoms with Crippen LogP contribution >= 0.6 is 0 Å². The van der Waals surface area contributed by atoms with Gasteiger partial charge < -0.3 is 10.2 Å². The van der Waals surface area contributed by atoms with Gasteiger partial charge in [-0.25, -0.2) is 9.59 Å². The van der Waals surface area contributed by atoms with Gasteiger partial charge in [0.15, 0.2) is 11.6 Å². The van der Waals surface area contributed by atoms with Crippen molar-refractivity contribution in [2.24, 2.45) is 0 Å². The number of carbonyl (C=O) groups excluding carboxylic acids is 2. The van der Waals surface area contributed by atoms with Gasteiger partial charge in [-0.1, -0.05) is 60.7 Å². The zero-order valence-electron chi connectivity index (χ0n) is 14.5. The van der Waals surface area contributed by atoms with E-state index in [0.29, 0.717) is 0 Å². The van der Waals surface area contributed by atoms with Crippen LogP contribution in [0, 0.1) is 0 Å². The first kappa shape index (κ1) is 18.7. The lowest BCUT2D eigenvalue weighted by molar-refractivity contribution is 0.0683. The third-order valence-corrected chi connectivity index (χ3v) is 4.21. The van der Waals surface area contributed by atoms with Crippen LogP contribution < -0.4 is 0 Å². The Bertz CT molecular complexity index is 1010. The van der Waals surface area contributed by atoms with Crippen LogP contribution in [0.1, 0.15) is 52.6 Å². The van der Waals surface area contributed by atoms with Gasteiger partial charge in [0.25, 0.3) is 0 Å². The average molecular weight is 374 g/mol. The molecule has 0 aromatic heterocycles. The fourth-order valence-corrected chi connectivity index (χ4v) is 2.82. The molecule has 0 heterocycles. The number of carboxylic acids is 2. The summed E-state index contributed by atoms with van der Waals surface area (Å²) in [6, 6.07) is 17.4. The SMILES string of the molecule is O=C(O)c1ccccc1C(=O)c1ccc(C(=O)c2ccccc2C(=O)O)cc1. The van der Waals surface area contributed by atoms with Crippen molar-refractivity contribution in [2.75, 3.05) is 0 Å². The second kappa shape index (κ2) is 7.67. The summed E-state index contributed by atoms with van der Waals surface area (Å²) in [6.45, 7) is 0. The third kappa shape index (κ3) is 3.57. The topological polar surface area (TPSA) is 109 Å². The van der Waals surface area contributed by atoms with Crippen molar-refractivity contribution >= 4 is 23.5 Å². The molecule has 3 aromatic carbocycles. The van der Waals surface area contributed by atoms with Crippen LogP contribution in [0.15, 0.2) is 72.8 Å². The number of carboxylic acid groups (broad SMARTS) is 2. The highest BCUT2D eigenvalue weighted by Crippen LogP contribution is 2.18. The van der Waals surface area contributed by atoms with E-state index in [1.54, 1.807) is 12.1 Å². The van der Waals surface area contributed by atoms with E-state index in [2.05, 4.69) is 0 Å².